The van der Waals surface area contributed by atoms with Gasteiger partial charge in [0.05, 0.1) is 17.5 Å². The Balaban J connectivity index is 0.00000115. The van der Waals surface area contributed by atoms with E-state index in [9.17, 15) is 18.0 Å². The van der Waals surface area contributed by atoms with Crippen LogP contribution in [0.15, 0.2) is 67.3 Å². The first-order chi connectivity index (χ1) is 17.2. The van der Waals surface area contributed by atoms with E-state index in [0.29, 0.717) is 11.8 Å². The molecule has 0 fully saturated rings. The summed E-state index contributed by atoms with van der Waals surface area (Å²) in [7, 11) is 1.53. The van der Waals surface area contributed by atoms with E-state index in [2.05, 4.69) is 31.2 Å². The van der Waals surface area contributed by atoms with Crippen molar-refractivity contribution in [2.45, 2.75) is 13.1 Å². The number of carbonyl (C=O) groups excluding carboxylic acids is 2. The van der Waals surface area contributed by atoms with Crippen molar-refractivity contribution in [2.75, 3.05) is 7.05 Å². The van der Waals surface area contributed by atoms with Crippen molar-refractivity contribution in [1.82, 2.24) is 25.5 Å². The van der Waals surface area contributed by atoms with Crippen LogP contribution in [0.2, 0.25) is 0 Å². The minimum Gasteiger partial charge on any atom is -0.372 e. The van der Waals surface area contributed by atoms with E-state index in [4.69, 9.17) is 4.79 Å². The standard InChI is InChI=1S/C24H18F3N5O.CH3NO/c1-14-3-4-16(21-10-19(13-31-32-21)24(25,26)27)8-20(14)18-7-17(11-29-12-18)15-5-6-30-22(9-15)23(33)28-2;2-1-3/h3-13H,1-2H3,(H,28,33);1H,(H2,2,3). The lowest BCUT2D eigenvalue weighted by Gasteiger charge is -2.12. The molecule has 184 valence electrons. The normalized spacial score (nSPS) is 10.7. The molecule has 4 rings (SSSR count). The summed E-state index contributed by atoms with van der Waals surface area (Å²) in [6.07, 6.45) is 1.34. The van der Waals surface area contributed by atoms with Crippen LogP contribution in [0.25, 0.3) is 33.5 Å². The Morgan fingerprint density at radius 1 is 0.972 bits per heavy atom. The summed E-state index contributed by atoms with van der Waals surface area (Å²) >= 11 is 0. The molecule has 0 radical (unpaired) electrons. The van der Waals surface area contributed by atoms with Crippen molar-refractivity contribution in [3.05, 3.63) is 84.1 Å². The van der Waals surface area contributed by atoms with E-state index >= 15 is 0 Å². The summed E-state index contributed by atoms with van der Waals surface area (Å²) < 4.78 is 39.3. The van der Waals surface area contributed by atoms with E-state index in [-0.39, 0.29) is 23.7 Å². The predicted octanol–water partition coefficient (Wildman–Crippen LogP) is 4.06. The van der Waals surface area contributed by atoms with Crippen molar-refractivity contribution in [1.29, 1.82) is 0 Å². The van der Waals surface area contributed by atoms with Gasteiger partial charge in [-0.05, 0) is 53.9 Å². The van der Waals surface area contributed by atoms with Gasteiger partial charge in [-0.15, -0.1) is 0 Å². The first kappa shape index (κ1) is 25.9. The molecule has 0 saturated carbocycles. The van der Waals surface area contributed by atoms with Gasteiger partial charge in [0.15, 0.2) is 0 Å². The Morgan fingerprint density at radius 3 is 2.39 bits per heavy atom. The fourth-order valence-corrected chi connectivity index (χ4v) is 3.36. The Kier molecular flexibility index (Phi) is 8.05. The quantitative estimate of drug-likeness (QED) is 0.413. The number of carbonyl (C=O) groups is 2. The van der Waals surface area contributed by atoms with Crippen LogP contribution < -0.4 is 11.1 Å². The van der Waals surface area contributed by atoms with Gasteiger partial charge in [-0.2, -0.15) is 23.4 Å². The molecule has 3 aromatic heterocycles. The molecule has 0 aliphatic carbocycles. The molecule has 4 aromatic rings. The maximum Gasteiger partial charge on any atom is 0.418 e. The number of nitrogens with two attached hydrogens (primary N) is 1. The molecule has 3 heterocycles. The lowest BCUT2D eigenvalue weighted by Crippen LogP contribution is -2.19. The minimum absolute atomic E-state index is 0.125. The second-order valence-corrected chi connectivity index (χ2v) is 7.46. The highest BCUT2D eigenvalue weighted by atomic mass is 19.4. The molecule has 0 atom stereocenters. The van der Waals surface area contributed by atoms with Crippen molar-refractivity contribution in [2.24, 2.45) is 5.73 Å². The average molecular weight is 494 g/mol. The zero-order chi connectivity index (χ0) is 26.3. The van der Waals surface area contributed by atoms with Crippen molar-refractivity contribution in [3.63, 3.8) is 0 Å². The van der Waals surface area contributed by atoms with Crippen molar-refractivity contribution in [3.8, 4) is 33.5 Å². The first-order valence-electron chi connectivity index (χ1n) is 10.5. The number of nitrogens with one attached hydrogen (secondary N) is 1. The largest absolute Gasteiger partial charge is 0.418 e. The molecular formula is C25H21F3N6O2. The number of aryl methyl sites for hydroxylation is 1. The topological polar surface area (TPSA) is 124 Å². The van der Waals surface area contributed by atoms with Crippen molar-refractivity contribution >= 4 is 12.3 Å². The van der Waals surface area contributed by atoms with Gasteiger partial charge >= 0.3 is 6.18 Å². The van der Waals surface area contributed by atoms with Gasteiger partial charge in [-0.1, -0.05) is 12.1 Å². The Morgan fingerprint density at radius 2 is 1.69 bits per heavy atom. The average Bonchev–Trinajstić information content (AvgIpc) is 2.88. The molecule has 0 aliphatic heterocycles. The van der Waals surface area contributed by atoms with Gasteiger partial charge in [0.1, 0.15) is 5.69 Å². The third-order valence-electron chi connectivity index (χ3n) is 5.12. The predicted molar refractivity (Wildman–Crippen MR) is 127 cm³/mol. The number of alkyl halides is 3. The van der Waals surface area contributed by atoms with E-state index in [1.165, 1.54) is 7.05 Å². The third-order valence-corrected chi connectivity index (χ3v) is 5.12. The maximum atomic E-state index is 13.1. The molecule has 0 saturated heterocycles. The number of primary amides is 1. The number of amides is 2. The molecule has 36 heavy (non-hydrogen) atoms. The molecule has 2 amide bonds. The number of hydrogen-bond acceptors (Lipinski definition) is 6. The zero-order valence-electron chi connectivity index (χ0n) is 19.2. The Hall–Kier alpha value is -4.67. The lowest BCUT2D eigenvalue weighted by molar-refractivity contribution is -0.137. The Labute approximate surface area is 204 Å². The summed E-state index contributed by atoms with van der Waals surface area (Å²) in [4.78, 5) is 28.9. The number of pyridine rings is 2. The number of halogens is 3. The SMILES string of the molecule is CNC(=O)c1cc(-c2cncc(-c3cc(-c4cc(C(F)(F)F)cnn4)ccc3C)c2)ccn1.NC=O. The van der Waals surface area contributed by atoms with E-state index in [0.717, 1.165) is 33.9 Å². The summed E-state index contributed by atoms with van der Waals surface area (Å²) in [5.74, 6) is -0.299. The lowest BCUT2D eigenvalue weighted by atomic mass is 9.96. The second kappa shape index (κ2) is 11.2. The molecule has 0 aliphatic rings. The zero-order valence-corrected chi connectivity index (χ0v) is 19.2. The molecule has 0 bridgehead atoms. The molecular weight excluding hydrogens is 473 g/mol. The summed E-state index contributed by atoms with van der Waals surface area (Å²) in [6.45, 7) is 1.90. The van der Waals surface area contributed by atoms with Gasteiger partial charge in [0.25, 0.3) is 5.91 Å². The van der Waals surface area contributed by atoms with Crippen LogP contribution in [-0.4, -0.2) is 39.5 Å². The molecule has 8 nitrogen and oxygen atoms in total. The fourth-order valence-electron chi connectivity index (χ4n) is 3.36. The van der Waals surface area contributed by atoms with Crippen LogP contribution in [-0.2, 0) is 11.0 Å². The van der Waals surface area contributed by atoms with Gasteiger partial charge in [0.2, 0.25) is 6.41 Å². The molecule has 0 spiro atoms. The smallest absolute Gasteiger partial charge is 0.372 e. The molecule has 3 N–H and O–H groups in total. The summed E-state index contributed by atoms with van der Waals surface area (Å²) in [5, 5.41) is 9.93. The first-order valence-corrected chi connectivity index (χ1v) is 10.5. The second-order valence-electron chi connectivity index (χ2n) is 7.46. The van der Waals surface area contributed by atoms with Crippen LogP contribution in [0, 0.1) is 6.92 Å². The van der Waals surface area contributed by atoms with Crippen LogP contribution in [0.1, 0.15) is 21.6 Å². The summed E-state index contributed by atoms with van der Waals surface area (Å²) in [5.41, 5.74) is 8.22. The van der Waals surface area contributed by atoms with Crippen molar-refractivity contribution < 1.29 is 22.8 Å². The van der Waals surface area contributed by atoms with Gasteiger partial charge < -0.3 is 11.1 Å². The minimum atomic E-state index is -4.51. The highest BCUT2D eigenvalue weighted by Crippen LogP contribution is 2.33. The third kappa shape index (κ3) is 6.06. The molecule has 0 unspecified atom stereocenters. The van der Waals surface area contributed by atoms with Crippen LogP contribution in [0.5, 0.6) is 0 Å². The van der Waals surface area contributed by atoms with Gasteiger partial charge in [-0.25, -0.2) is 0 Å². The van der Waals surface area contributed by atoms with Gasteiger partial charge in [0, 0.05) is 42.3 Å². The number of aromatic nitrogens is 4. The van der Waals surface area contributed by atoms with E-state index < -0.39 is 11.7 Å². The highest BCUT2D eigenvalue weighted by Gasteiger charge is 2.31. The van der Waals surface area contributed by atoms with Crippen LogP contribution >= 0.6 is 0 Å². The molecule has 1 aromatic carbocycles. The monoisotopic (exact) mass is 494 g/mol. The number of nitrogens with zero attached hydrogens (tertiary/aromatic N) is 4. The maximum absolute atomic E-state index is 13.1. The van der Waals surface area contributed by atoms with Crippen LogP contribution in [0.4, 0.5) is 13.2 Å². The van der Waals surface area contributed by atoms with E-state index in [1.807, 2.05) is 19.1 Å². The fraction of sp³-hybridized carbons (Fsp3) is 0.120. The van der Waals surface area contributed by atoms with E-state index in [1.54, 1.807) is 42.9 Å². The number of benzene rings is 1. The molecule has 11 heteroatoms. The number of hydrogen-bond donors (Lipinski definition) is 2. The van der Waals surface area contributed by atoms with Crippen LogP contribution in [0.3, 0.4) is 0 Å². The number of rotatable bonds is 4. The Bertz CT molecular complexity index is 1390. The van der Waals surface area contributed by atoms with Gasteiger partial charge in [-0.3, -0.25) is 19.6 Å². The highest BCUT2D eigenvalue weighted by molar-refractivity contribution is 5.93. The summed E-state index contributed by atoms with van der Waals surface area (Å²) in [6, 6.07) is 11.6.